The van der Waals surface area contributed by atoms with Crippen LogP contribution in [0.2, 0.25) is 0 Å². The van der Waals surface area contributed by atoms with Gasteiger partial charge in [-0.05, 0) is 24.6 Å². The molecule has 0 fully saturated rings. The van der Waals surface area contributed by atoms with E-state index in [2.05, 4.69) is 5.32 Å². The molecule has 2 aromatic rings. The summed E-state index contributed by atoms with van der Waals surface area (Å²) in [4.78, 5) is 21.7. The van der Waals surface area contributed by atoms with E-state index in [1.54, 1.807) is 0 Å². The second kappa shape index (κ2) is 6.04. The predicted octanol–water partition coefficient (Wildman–Crippen LogP) is 2.87. The van der Waals surface area contributed by atoms with Gasteiger partial charge in [0, 0.05) is 17.7 Å². The molecule has 0 bridgehead atoms. The van der Waals surface area contributed by atoms with E-state index in [0.29, 0.717) is 5.69 Å². The molecule has 6 heteroatoms. The van der Waals surface area contributed by atoms with Crippen LogP contribution in [0.15, 0.2) is 48.5 Å². The van der Waals surface area contributed by atoms with Gasteiger partial charge in [-0.15, -0.1) is 0 Å². The highest BCUT2D eigenvalue weighted by atomic mass is 16.6. The van der Waals surface area contributed by atoms with Crippen LogP contribution in [0.5, 0.6) is 0 Å². The highest BCUT2D eigenvalue weighted by Gasteiger charge is 2.18. The van der Waals surface area contributed by atoms with E-state index in [1.165, 1.54) is 18.2 Å². The third kappa shape index (κ3) is 3.36. The maximum absolute atomic E-state index is 11.1. The van der Waals surface area contributed by atoms with E-state index < -0.39 is 10.8 Å². The number of carbonyl (C=O) groups is 1. The standard InChI is InChI=1S/C15H15N3O3/c1-10(11-5-3-2-4-6-11)17-13-8-7-12(15(16)19)9-14(13)18(20)21/h2-10,17H,1H3,(H2,16,19)/t10-/m1/s1. The summed E-state index contributed by atoms with van der Waals surface area (Å²) < 4.78 is 0. The topological polar surface area (TPSA) is 98.3 Å². The third-order valence-corrected chi connectivity index (χ3v) is 3.15. The van der Waals surface area contributed by atoms with E-state index in [1.807, 2.05) is 37.3 Å². The summed E-state index contributed by atoms with van der Waals surface area (Å²) in [6, 6.07) is 13.6. The molecule has 3 N–H and O–H groups in total. The minimum Gasteiger partial charge on any atom is -0.373 e. The molecule has 1 atom stereocenters. The molecule has 2 rings (SSSR count). The van der Waals surface area contributed by atoms with E-state index in [9.17, 15) is 14.9 Å². The van der Waals surface area contributed by atoms with Crippen molar-refractivity contribution in [2.45, 2.75) is 13.0 Å². The zero-order chi connectivity index (χ0) is 15.4. The second-order valence-electron chi connectivity index (χ2n) is 4.63. The second-order valence-corrected chi connectivity index (χ2v) is 4.63. The number of nitrogens with zero attached hydrogens (tertiary/aromatic N) is 1. The van der Waals surface area contributed by atoms with Gasteiger partial charge >= 0.3 is 0 Å². The average molecular weight is 285 g/mol. The van der Waals surface area contributed by atoms with Gasteiger partial charge in [0.15, 0.2) is 0 Å². The molecule has 0 spiro atoms. The first-order chi connectivity index (χ1) is 9.99. The number of nitro benzene ring substituents is 1. The first-order valence-electron chi connectivity index (χ1n) is 6.38. The maximum Gasteiger partial charge on any atom is 0.293 e. The fraction of sp³-hybridized carbons (Fsp3) is 0.133. The van der Waals surface area contributed by atoms with Gasteiger partial charge < -0.3 is 11.1 Å². The van der Waals surface area contributed by atoms with Crippen LogP contribution in [0.25, 0.3) is 0 Å². The SMILES string of the molecule is C[C@@H](Nc1ccc(C(N)=O)cc1[N+](=O)[O-])c1ccccc1. The molecule has 6 nitrogen and oxygen atoms in total. The van der Waals surface area contributed by atoms with Gasteiger partial charge in [-0.2, -0.15) is 0 Å². The molecule has 0 aromatic heterocycles. The number of nitro groups is 1. The lowest BCUT2D eigenvalue weighted by molar-refractivity contribution is -0.384. The Labute approximate surface area is 121 Å². The van der Waals surface area contributed by atoms with Gasteiger partial charge in [-0.25, -0.2) is 0 Å². The number of nitrogens with two attached hydrogens (primary N) is 1. The molecule has 21 heavy (non-hydrogen) atoms. The zero-order valence-electron chi connectivity index (χ0n) is 11.4. The maximum atomic E-state index is 11.1. The number of anilines is 1. The molecular weight excluding hydrogens is 270 g/mol. The van der Waals surface area contributed by atoms with Crippen molar-refractivity contribution in [1.82, 2.24) is 0 Å². The molecular formula is C15H15N3O3. The number of hydrogen-bond donors (Lipinski definition) is 2. The van der Waals surface area contributed by atoms with E-state index in [-0.39, 0.29) is 17.3 Å². The molecule has 108 valence electrons. The Kier molecular flexibility index (Phi) is 4.18. The Morgan fingerprint density at radius 1 is 1.24 bits per heavy atom. The average Bonchev–Trinajstić information content (AvgIpc) is 2.48. The van der Waals surface area contributed by atoms with Crippen LogP contribution in [0, 0.1) is 10.1 Å². The summed E-state index contributed by atoms with van der Waals surface area (Å²) in [5, 5.41) is 14.2. The lowest BCUT2D eigenvalue weighted by atomic mass is 10.1. The quantitative estimate of drug-likeness (QED) is 0.651. The van der Waals surface area contributed by atoms with Gasteiger partial charge in [0.25, 0.3) is 5.69 Å². The van der Waals surface area contributed by atoms with Gasteiger partial charge in [0.05, 0.1) is 4.92 Å². The van der Waals surface area contributed by atoms with Crippen molar-refractivity contribution in [1.29, 1.82) is 0 Å². The van der Waals surface area contributed by atoms with Crippen LogP contribution in [0.4, 0.5) is 11.4 Å². The first-order valence-corrected chi connectivity index (χ1v) is 6.38. The van der Waals surface area contributed by atoms with Crippen molar-refractivity contribution in [3.8, 4) is 0 Å². The van der Waals surface area contributed by atoms with E-state index in [4.69, 9.17) is 5.73 Å². The molecule has 0 unspecified atom stereocenters. The Morgan fingerprint density at radius 2 is 1.90 bits per heavy atom. The molecule has 2 aromatic carbocycles. The van der Waals surface area contributed by atoms with Crippen molar-refractivity contribution in [2.24, 2.45) is 5.73 Å². The monoisotopic (exact) mass is 285 g/mol. The molecule has 0 saturated heterocycles. The number of hydrogen-bond acceptors (Lipinski definition) is 4. The van der Waals surface area contributed by atoms with Crippen molar-refractivity contribution >= 4 is 17.3 Å². The number of rotatable bonds is 5. The molecule has 0 heterocycles. The van der Waals surface area contributed by atoms with Gasteiger partial charge in [-0.1, -0.05) is 30.3 Å². The van der Waals surface area contributed by atoms with Crippen LogP contribution in [0.1, 0.15) is 28.9 Å². The summed E-state index contributed by atoms with van der Waals surface area (Å²) in [7, 11) is 0. The highest BCUT2D eigenvalue weighted by molar-refractivity contribution is 5.94. The molecule has 0 radical (unpaired) electrons. The van der Waals surface area contributed by atoms with Crippen molar-refractivity contribution < 1.29 is 9.72 Å². The summed E-state index contributed by atoms with van der Waals surface area (Å²) in [6.45, 7) is 1.90. The van der Waals surface area contributed by atoms with Gasteiger partial charge in [0.1, 0.15) is 5.69 Å². The van der Waals surface area contributed by atoms with Gasteiger partial charge in [-0.3, -0.25) is 14.9 Å². The first kappa shape index (κ1) is 14.5. The smallest absolute Gasteiger partial charge is 0.293 e. The van der Waals surface area contributed by atoms with Crippen LogP contribution in [-0.2, 0) is 0 Å². The minimum absolute atomic E-state index is 0.107. The van der Waals surface area contributed by atoms with Crippen molar-refractivity contribution in [3.63, 3.8) is 0 Å². The van der Waals surface area contributed by atoms with E-state index >= 15 is 0 Å². The Bertz CT molecular complexity index is 671. The predicted molar refractivity (Wildman–Crippen MR) is 80.1 cm³/mol. The number of carbonyl (C=O) groups excluding carboxylic acids is 1. The molecule has 0 aliphatic heterocycles. The Hall–Kier alpha value is -2.89. The third-order valence-electron chi connectivity index (χ3n) is 3.15. The molecule has 1 amide bonds. The molecule has 0 saturated carbocycles. The largest absolute Gasteiger partial charge is 0.373 e. The fourth-order valence-electron chi connectivity index (χ4n) is 2.02. The summed E-state index contributed by atoms with van der Waals surface area (Å²) in [5.41, 5.74) is 6.44. The van der Waals surface area contributed by atoms with Gasteiger partial charge in [0.2, 0.25) is 5.91 Å². The summed E-state index contributed by atoms with van der Waals surface area (Å²) in [5.74, 6) is -0.694. The van der Waals surface area contributed by atoms with Crippen molar-refractivity contribution in [2.75, 3.05) is 5.32 Å². The fourth-order valence-corrected chi connectivity index (χ4v) is 2.02. The van der Waals surface area contributed by atoms with Crippen LogP contribution >= 0.6 is 0 Å². The van der Waals surface area contributed by atoms with Crippen molar-refractivity contribution in [3.05, 3.63) is 69.8 Å². The Balaban J connectivity index is 2.31. The number of nitrogens with one attached hydrogen (secondary N) is 1. The summed E-state index contributed by atoms with van der Waals surface area (Å²) in [6.07, 6.45) is 0. The normalized spacial score (nSPS) is 11.7. The number of amides is 1. The molecule has 0 aliphatic rings. The lowest BCUT2D eigenvalue weighted by Gasteiger charge is -2.16. The zero-order valence-corrected chi connectivity index (χ0v) is 11.4. The number of primary amides is 1. The molecule has 0 aliphatic carbocycles. The van der Waals surface area contributed by atoms with Crippen LogP contribution < -0.4 is 11.1 Å². The number of benzene rings is 2. The van der Waals surface area contributed by atoms with Crippen LogP contribution in [0.3, 0.4) is 0 Å². The van der Waals surface area contributed by atoms with E-state index in [0.717, 1.165) is 5.56 Å². The highest BCUT2D eigenvalue weighted by Crippen LogP contribution is 2.29. The summed E-state index contributed by atoms with van der Waals surface area (Å²) >= 11 is 0. The lowest BCUT2D eigenvalue weighted by Crippen LogP contribution is -2.13. The van der Waals surface area contributed by atoms with Crippen LogP contribution in [-0.4, -0.2) is 10.8 Å². The minimum atomic E-state index is -0.694. The Morgan fingerprint density at radius 3 is 2.48 bits per heavy atom.